The number of benzene rings is 8. The lowest BCUT2D eigenvalue weighted by molar-refractivity contribution is -0.132. The van der Waals surface area contributed by atoms with E-state index < -0.39 is 70.9 Å². The summed E-state index contributed by atoms with van der Waals surface area (Å²) in [6.45, 7) is 0. The zero-order valence-corrected chi connectivity index (χ0v) is 69.6. The molecular weight excluding hydrogens is 1810 g/mol. The number of amides is 4. The van der Waals surface area contributed by atoms with Crippen molar-refractivity contribution < 1.29 is 68.3 Å². The summed E-state index contributed by atoms with van der Waals surface area (Å²) in [7, 11) is 3.02. The van der Waals surface area contributed by atoms with Crippen molar-refractivity contribution in [3.05, 3.63) is 386 Å². The Kier molecular flexibility index (Phi) is 26.1. The van der Waals surface area contributed by atoms with E-state index in [1.165, 1.54) is 40.0 Å². The third-order valence-corrected chi connectivity index (χ3v) is 21.6. The van der Waals surface area contributed by atoms with Crippen LogP contribution in [0.25, 0.3) is 23.0 Å². The molecule has 4 unspecified atom stereocenters. The summed E-state index contributed by atoms with van der Waals surface area (Å²) in [4.78, 5) is 126. The fourth-order valence-corrected chi connectivity index (χ4v) is 15.0. The van der Waals surface area contributed by atoms with Crippen molar-refractivity contribution in [2.24, 2.45) is 0 Å². The van der Waals surface area contributed by atoms with Gasteiger partial charge in [0.15, 0.2) is 11.5 Å². The highest BCUT2D eigenvalue weighted by Crippen LogP contribution is 2.48. The van der Waals surface area contributed by atoms with Gasteiger partial charge in [-0.1, -0.05) is 220 Å². The lowest BCUT2D eigenvalue weighted by Crippen LogP contribution is -2.30. The first-order valence-electron chi connectivity index (χ1n) is 35.7. The average molecular weight is 1870 g/mol. The van der Waals surface area contributed by atoms with Gasteiger partial charge >= 0.3 is 23.6 Å². The van der Waals surface area contributed by atoms with Crippen molar-refractivity contribution in [3.63, 3.8) is 0 Å². The van der Waals surface area contributed by atoms with Crippen LogP contribution in [0.5, 0.6) is 11.5 Å². The van der Waals surface area contributed by atoms with Gasteiger partial charge in [0.05, 0.1) is 60.7 Å². The minimum absolute atomic E-state index is 0.00491. The smallest absolute Gasteiger partial charge is 0.301 e. The minimum atomic E-state index is -0.894. The molecule has 16 rings (SSSR count). The molecule has 12 aromatic rings. The second-order valence-electron chi connectivity index (χ2n) is 26.1. The number of hydrogen-bond donors (Lipinski definition) is 4. The Hall–Kier alpha value is -12.8. The maximum atomic E-state index is 13.1. The molecule has 0 spiro atoms. The van der Waals surface area contributed by atoms with Crippen LogP contribution in [0, 0.1) is 0 Å². The number of nitrogens with zero attached hydrogens (tertiary/aromatic N) is 8. The van der Waals surface area contributed by atoms with Crippen LogP contribution in [0.4, 0.5) is 23.3 Å². The number of halogens is 6. The zero-order valence-electron chi connectivity index (χ0n) is 61.7. The molecule has 0 aliphatic carbocycles. The predicted molar refractivity (Wildman–Crippen MR) is 462 cm³/mol. The average Bonchev–Trinajstić information content (AvgIpc) is 1.62. The number of aliphatic hydroxyl groups excluding tert-OH is 4. The number of rotatable bonds is 14. The highest BCUT2D eigenvalue weighted by Gasteiger charge is 2.52. The van der Waals surface area contributed by atoms with Crippen LogP contribution in [0.2, 0.25) is 10.0 Å². The van der Waals surface area contributed by atoms with Crippen molar-refractivity contribution in [2.45, 2.75) is 24.2 Å². The highest BCUT2D eigenvalue weighted by atomic mass is 79.9. The van der Waals surface area contributed by atoms with Gasteiger partial charge in [-0.15, -0.1) is 0 Å². The van der Waals surface area contributed by atoms with Gasteiger partial charge in [0.2, 0.25) is 0 Å². The van der Waals surface area contributed by atoms with Gasteiger partial charge in [0.25, 0.3) is 23.1 Å². The Morgan fingerprint density at radius 1 is 0.297 bits per heavy atom. The molecule has 4 amide bonds. The fourth-order valence-electron chi connectivity index (χ4n) is 13.6. The lowest BCUT2D eigenvalue weighted by Gasteiger charge is -2.25. The summed E-state index contributed by atoms with van der Waals surface area (Å²) in [5.41, 5.74) is 4.34. The Balaban J connectivity index is 0.000000136. The minimum Gasteiger partial charge on any atom is -0.507 e. The van der Waals surface area contributed by atoms with Gasteiger partial charge in [0, 0.05) is 75.0 Å². The van der Waals surface area contributed by atoms with Gasteiger partial charge in [-0.05, 0) is 156 Å². The number of carbonyl (C=O) groups is 8. The number of aromatic nitrogens is 4. The van der Waals surface area contributed by atoms with Crippen LogP contribution in [-0.4, -0.2) is 101 Å². The number of carbonyl (C=O) groups excluding carboxylic acids is 8. The first-order chi connectivity index (χ1) is 57.0. The topological polar surface area (TPSA) is 300 Å². The molecule has 118 heavy (non-hydrogen) atoms. The summed E-state index contributed by atoms with van der Waals surface area (Å²) >= 11 is 25.4. The van der Waals surface area contributed by atoms with Crippen LogP contribution in [0.1, 0.15) is 68.7 Å². The number of hydrogen-bond acceptors (Lipinski definition) is 18. The lowest BCUT2D eigenvalue weighted by atomic mass is 9.95. The molecule has 4 aromatic heterocycles. The Morgan fingerprint density at radius 3 is 0.924 bits per heavy atom. The summed E-state index contributed by atoms with van der Waals surface area (Å²) < 4.78 is 13.8. The second-order valence-corrected chi connectivity index (χ2v) is 30.6. The molecule has 22 nitrogen and oxygen atoms in total. The normalized spacial score (nSPS) is 18.1. The maximum Gasteiger partial charge on any atom is 0.301 e. The summed E-state index contributed by atoms with van der Waals surface area (Å²) in [6, 6.07) is 72.6. The van der Waals surface area contributed by atoms with E-state index in [9.17, 15) is 58.8 Å². The molecule has 28 heteroatoms. The van der Waals surface area contributed by atoms with E-state index in [1.54, 1.807) is 225 Å². The largest absolute Gasteiger partial charge is 0.507 e. The van der Waals surface area contributed by atoms with Gasteiger partial charge in [-0.25, -0.2) is 19.9 Å². The van der Waals surface area contributed by atoms with E-state index >= 15 is 0 Å². The molecule has 4 atom stereocenters. The molecule has 0 radical (unpaired) electrons. The molecule has 0 bridgehead atoms. The molecule has 4 aliphatic rings. The van der Waals surface area contributed by atoms with Gasteiger partial charge in [-0.2, -0.15) is 0 Å². The SMILES string of the molecule is COc1ccc(C2C(=C(O)c3ccccc3)C(=O)C(=O)N2c2ccccn2)cc1OC.O=C1C(=O)N(c2cc(Br)ccn2)C(c2ccc(Br)cc2)C1=C(O)c1ccc(Br)cc1.O=C1C(=O)N(c2cc(Br)ccn2)C(c2ccccc2)C1=C(O)c1ccc(Cl)cc1.O=C1C(=O)N(c2ccccn2)C(c2ccccc2)C1=C(O)c1ccc(Cl)cc1. The molecule has 8 heterocycles. The Labute approximate surface area is 718 Å². The number of anilines is 4. The molecule has 0 saturated carbocycles. The third kappa shape index (κ3) is 17.5. The number of aliphatic hydroxyl groups is 4. The summed E-state index contributed by atoms with van der Waals surface area (Å²) in [6.07, 6.45) is 6.18. The number of ether oxygens (including phenoxy) is 2. The van der Waals surface area contributed by atoms with Crippen molar-refractivity contribution in [3.8, 4) is 11.5 Å². The van der Waals surface area contributed by atoms with Crippen LogP contribution in [0.3, 0.4) is 0 Å². The fraction of sp³-hybridized carbons (Fsp3) is 0.0667. The molecule has 4 fully saturated rings. The number of pyridine rings is 4. The second kappa shape index (κ2) is 37.0. The molecular formula is C90H62Br4Cl2N8O14. The van der Waals surface area contributed by atoms with E-state index in [-0.39, 0.29) is 45.3 Å². The van der Waals surface area contributed by atoms with Crippen molar-refractivity contribution in [1.82, 2.24) is 19.9 Å². The van der Waals surface area contributed by atoms with Crippen molar-refractivity contribution in [1.29, 1.82) is 0 Å². The Bertz CT molecular complexity index is 6000. The zero-order chi connectivity index (χ0) is 83.6. The van der Waals surface area contributed by atoms with E-state index in [0.29, 0.717) is 93.8 Å². The maximum absolute atomic E-state index is 13.1. The quantitative estimate of drug-likeness (QED) is 0.0447. The molecule has 4 N–H and O–H groups in total. The molecule has 4 saturated heterocycles. The number of methoxy groups -OCH3 is 2. The molecule has 8 aromatic carbocycles. The molecule has 4 aliphatic heterocycles. The van der Waals surface area contributed by atoms with Crippen LogP contribution < -0.4 is 29.1 Å². The standard InChI is InChI=1S/C24H20N2O5.C22H13Br3N2O3.C22H14BrClN2O3.C22H15ClN2O3/c1-30-17-12-11-16(14-18(17)31-2)21-20(22(27)15-8-4-3-5-9-15)23(28)24(29)26(21)19-10-6-7-13-25-19;23-14-5-1-12(2-6-14)19-18(20(28)13-3-7-15(24)8-4-13)21(29)22(30)27(19)17-11-16(25)9-10-26-17;23-15-10-11-25-17(12-15)26-19(13-4-2-1-3-5-13)18(21(28)22(26)29)20(27)14-6-8-16(24)9-7-14;23-16-11-9-15(10-12-16)20(26)18-19(14-6-2-1-3-7-14)25(22(28)21(18)27)17-8-4-5-13-24-17/h3-14,21,27H,1-2H3;1-11,19,28H;1-12,19,27H;1-13,19,26H. The van der Waals surface area contributed by atoms with Gasteiger partial charge in [0.1, 0.15) is 46.3 Å². The van der Waals surface area contributed by atoms with E-state index in [0.717, 1.165) is 13.4 Å². The van der Waals surface area contributed by atoms with E-state index in [4.69, 9.17) is 32.7 Å². The number of ketones is 4. The van der Waals surface area contributed by atoms with E-state index in [1.807, 2.05) is 60.7 Å². The van der Waals surface area contributed by atoms with Crippen molar-refractivity contribution >= 4 is 180 Å². The van der Waals surface area contributed by atoms with Gasteiger partial charge in [-0.3, -0.25) is 58.0 Å². The monoisotopic (exact) mass is 1860 g/mol. The van der Waals surface area contributed by atoms with Crippen LogP contribution in [-0.2, 0) is 38.4 Å². The van der Waals surface area contributed by atoms with Gasteiger partial charge < -0.3 is 29.9 Å². The van der Waals surface area contributed by atoms with Crippen LogP contribution in [0.15, 0.2) is 332 Å². The highest BCUT2D eigenvalue weighted by molar-refractivity contribution is 9.11. The molecule has 588 valence electrons. The first-order valence-corrected chi connectivity index (χ1v) is 39.6. The first kappa shape index (κ1) is 83.1. The summed E-state index contributed by atoms with van der Waals surface area (Å²) in [5, 5.41) is 44.9. The Morgan fingerprint density at radius 2 is 0.585 bits per heavy atom. The third-order valence-electron chi connectivity index (χ3n) is 19.0. The van der Waals surface area contributed by atoms with Crippen molar-refractivity contribution in [2.75, 3.05) is 33.8 Å². The summed E-state index contributed by atoms with van der Waals surface area (Å²) in [5.74, 6) is -4.85. The van der Waals surface area contributed by atoms with Crippen LogP contribution >= 0.6 is 86.9 Å². The predicted octanol–water partition coefficient (Wildman–Crippen LogP) is 19.2. The number of Topliss-reactive ketones (excluding diaryl/α,β-unsaturated/α-hetero) is 4. The van der Waals surface area contributed by atoms with E-state index in [2.05, 4.69) is 83.7 Å².